The van der Waals surface area contributed by atoms with Gasteiger partial charge in [-0.1, -0.05) is 52.0 Å². The summed E-state index contributed by atoms with van der Waals surface area (Å²) in [5.41, 5.74) is 2.14. The van der Waals surface area contributed by atoms with Gasteiger partial charge in [0, 0.05) is 0 Å². The third-order valence-electron chi connectivity index (χ3n) is 4.39. The topological polar surface area (TPSA) is 38.3 Å². The average Bonchev–Trinajstić information content (AvgIpc) is 2.59. The van der Waals surface area contributed by atoms with Crippen molar-refractivity contribution in [2.24, 2.45) is 0 Å². The van der Waals surface area contributed by atoms with Gasteiger partial charge < -0.3 is 10.1 Å². The van der Waals surface area contributed by atoms with E-state index >= 15 is 0 Å². The quantitative estimate of drug-likeness (QED) is 0.776. The van der Waals surface area contributed by atoms with Crippen LogP contribution in [0.5, 0.6) is 5.75 Å². The average molecular weight is 357 g/mol. The Labute approximate surface area is 155 Å². The second kappa shape index (κ2) is 8.35. The van der Waals surface area contributed by atoms with E-state index in [1.807, 2.05) is 38.1 Å². The SMILES string of the molecule is CC[C@@H](Oc1ccc(C(C)(C)C)cc1)C(=O)N[C@@H](C)c1ccc(F)cc1. The van der Waals surface area contributed by atoms with Gasteiger partial charge in [-0.25, -0.2) is 4.39 Å². The molecule has 0 aromatic heterocycles. The smallest absolute Gasteiger partial charge is 0.261 e. The Hall–Kier alpha value is -2.36. The van der Waals surface area contributed by atoms with E-state index < -0.39 is 6.10 Å². The molecule has 0 radical (unpaired) electrons. The van der Waals surface area contributed by atoms with E-state index in [-0.39, 0.29) is 23.2 Å². The lowest BCUT2D eigenvalue weighted by molar-refractivity contribution is -0.128. The number of hydrogen-bond donors (Lipinski definition) is 1. The molecule has 140 valence electrons. The van der Waals surface area contributed by atoms with Gasteiger partial charge in [-0.3, -0.25) is 4.79 Å². The first-order valence-electron chi connectivity index (χ1n) is 9.03. The van der Waals surface area contributed by atoms with E-state index in [0.717, 1.165) is 5.56 Å². The fraction of sp³-hybridized carbons (Fsp3) is 0.409. The van der Waals surface area contributed by atoms with Crippen LogP contribution in [-0.2, 0) is 10.2 Å². The minimum Gasteiger partial charge on any atom is -0.481 e. The molecular weight excluding hydrogens is 329 g/mol. The third kappa shape index (κ3) is 5.32. The first kappa shape index (κ1) is 20.0. The van der Waals surface area contributed by atoms with Crippen molar-refractivity contribution < 1.29 is 13.9 Å². The van der Waals surface area contributed by atoms with Crippen molar-refractivity contribution in [1.82, 2.24) is 5.32 Å². The predicted molar refractivity (Wildman–Crippen MR) is 103 cm³/mol. The normalized spacial score (nSPS) is 13.8. The molecule has 4 heteroatoms. The van der Waals surface area contributed by atoms with Gasteiger partial charge in [0.25, 0.3) is 5.91 Å². The van der Waals surface area contributed by atoms with E-state index in [4.69, 9.17) is 4.74 Å². The molecule has 2 rings (SSSR count). The first-order chi connectivity index (χ1) is 12.2. The van der Waals surface area contributed by atoms with Crippen LogP contribution in [-0.4, -0.2) is 12.0 Å². The van der Waals surface area contributed by atoms with E-state index in [0.29, 0.717) is 12.2 Å². The fourth-order valence-electron chi connectivity index (χ4n) is 2.66. The van der Waals surface area contributed by atoms with Crippen molar-refractivity contribution in [3.63, 3.8) is 0 Å². The van der Waals surface area contributed by atoms with Gasteiger partial charge in [0.15, 0.2) is 6.10 Å². The summed E-state index contributed by atoms with van der Waals surface area (Å²) in [5, 5.41) is 2.94. The molecule has 0 unspecified atom stereocenters. The van der Waals surface area contributed by atoms with Crippen LogP contribution in [0.4, 0.5) is 4.39 Å². The van der Waals surface area contributed by atoms with Crippen LogP contribution in [0.3, 0.4) is 0 Å². The lowest BCUT2D eigenvalue weighted by Crippen LogP contribution is -2.39. The number of carbonyl (C=O) groups excluding carboxylic acids is 1. The van der Waals surface area contributed by atoms with Crippen LogP contribution in [0.25, 0.3) is 0 Å². The van der Waals surface area contributed by atoms with Crippen molar-refractivity contribution in [3.05, 3.63) is 65.5 Å². The molecule has 0 fully saturated rings. The number of amides is 1. The molecule has 2 atom stereocenters. The molecule has 0 saturated heterocycles. The lowest BCUT2D eigenvalue weighted by Gasteiger charge is -2.22. The van der Waals surface area contributed by atoms with E-state index in [9.17, 15) is 9.18 Å². The second-order valence-electron chi connectivity index (χ2n) is 7.57. The summed E-state index contributed by atoms with van der Waals surface area (Å²) in [7, 11) is 0. The summed E-state index contributed by atoms with van der Waals surface area (Å²) in [5.74, 6) is 0.208. The maximum absolute atomic E-state index is 13.0. The van der Waals surface area contributed by atoms with Crippen molar-refractivity contribution in [1.29, 1.82) is 0 Å². The number of benzene rings is 2. The lowest BCUT2D eigenvalue weighted by atomic mass is 9.87. The van der Waals surface area contributed by atoms with Crippen LogP contribution in [0.15, 0.2) is 48.5 Å². The Morgan fingerprint density at radius 3 is 2.15 bits per heavy atom. The summed E-state index contributed by atoms with van der Waals surface area (Å²) >= 11 is 0. The van der Waals surface area contributed by atoms with Crippen LogP contribution >= 0.6 is 0 Å². The molecule has 0 saturated carbocycles. The molecule has 1 N–H and O–H groups in total. The molecule has 0 aliphatic heterocycles. The van der Waals surface area contributed by atoms with Gasteiger partial charge in [-0.05, 0) is 54.2 Å². The molecule has 1 amide bonds. The van der Waals surface area contributed by atoms with Crippen molar-refractivity contribution in [2.75, 3.05) is 0 Å². The van der Waals surface area contributed by atoms with E-state index in [1.54, 1.807) is 12.1 Å². The summed E-state index contributed by atoms with van der Waals surface area (Å²) in [6.45, 7) is 10.2. The molecule has 0 spiro atoms. The first-order valence-corrected chi connectivity index (χ1v) is 9.03. The van der Waals surface area contributed by atoms with Crippen LogP contribution < -0.4 is 10.1 Å². The highest BCUT2D eigenvalue weighted by Gasteiger charge is 2.21. The summed E-state index contributed by atoms with van der Waals surface area (Å²) < 4.78 is 18.9. The number of nitrogens with one attached hydrogen (secondary N) is 1. The molecule has 26 heavy (non-hydrogen) atoms. The Kier molecular flexibility index (Phi) is 6.41. The van der Waals surface area contributed by atoms with Gasteiger partial charge >= 0.3 is 0 Å². The van der Waals surface area contributed by atoms with Crippen molar-refractivity contribution in [3.8, 4) is 5.75 Å². The van der Waals surface area contributed by atoms with Gasteiger partial charge in [0.2, 0.25) is 0 Å². The number of ether oxygens (including phenoxy) is 1. The highest BCUT2D eigenvalue weighted by Crippen LogP contribution is 2.25. The molecule has 0 bridgehead atoms. The minimum atomic E-state index is -0.571. The monoisotopic (exact) mass is 357 g/mol. The molecule has 0 aliphatic carbocycles. The Bertz CT molecular complexity index is 717. The van der Waals surface area contributed by atoms with Gasteiger partial charge in [-0.15, -0.1) is 0 Å². The van der Waals surface area contributed by atoms with Crippen molar-refractivity contribution >= 4 is 5.91 Å². The van der Waals surface area contributed by atoms with Gasteiger partial charge in [-0.2, -0.15) is 0 Å². The maximum atomic E-state index is 13.0. The van der Waals surface area contributed by atoms with E-state index in [1.165, 1.54) is 17.7 Å². The second-order valence-corrected chi connectivity index (χ2v) is 7.57. The Morgan fingerprint density at radius 2 is 1.65 bits per heavy atom. The Morgan fingerprint density at radius 1 is 1.08 bits per heavy atom. The zero-order valence-corrected chi connectivity index (χ0v) is 16.2. The fourth-order valence-corrected chi connectivity index (χ4v) is 2.66. The Balaban J connectivity index is 2.00. The zero-order valence-electron chi connectivity index (χ0n) is 16.2. The standard InChI is InChI=1S/C22H28FNO2/c1-6-20(26-19-13-9-17(10-14-19)22(3,4)5)21(25)24-15(2)16-7-11-18(23)12-8-16/h7-15,20H,6H2,1-5H3,(H,24,25)/t15-,20+/m0/s1. The highest BCUT2D eigenvalue weighted by molar-refractivity contribution is 5.81. The number of rotatable bonds is 6. The molecular formula is C22H28FNO2. The zero-order chi connectivity index (χ0) is 19.3. The van der Waals surface area contributed by atoms with Crippen molar-refractivity contribution in [2.45, 2.75) is 58.6 Å². The molecule has 3 nitrogen and oxygen atoms in total. The number of halogens is 1. The molecule has 2 aromatic rings. The van der Waals surface area contributed by atoms with Crippen LogP contribution in [0.1, 0.15) is 58.2 Å². The summed E-state index contributed by atoms with van der Waals surface area (Å²) in [4.78, 5) is 12.5. The van der Waals surface area contributed by atoms with E-state index in [2.05, 4.69) is 26.1 Å². The summed E-state index contributed by atoms with van der Waals surface area (Å²) in [6.07, 6.45) is -0.0124. The minimum absolute atomic E-state index is 0.0741. The molecule has 0 aliphatic rings. The van der Waals surface area contributed by atoms with Gasteiger partial charge in [0.05, 0.1) is 6.04 Å². The highest BCUT2D eigenvalue weighted by atomic mass is 19.1. The molecule has 0 heterocycles. The van der Waals surface area contributed by atoms with Gasteiger partial charge in [0.1, 0.15) is 11.6 Å². The largest absolute Gasteiger partial charge is 0.481 e. The summed E-state index contributed by atoms with van der Waals surface area (Å²) in [6, 6.07) is 13.8. The number of carbonyl (C=O) groups is 1. The molecule has 2 aromatic carbocycles. The third-order valence-corrected chi connectivity index (χ3v) is 4.39. The van der Waals surface area contributed by atoms with Crippen LogP contribution in [0, 0.1) is 5.82 Å². The predicted octanol–water partition coefficient (Wildman–Crippen LogP) is 5.16. The maximum Gasteiger partial charge on any atom is 0.261 e. The van der Waals surface area contributed by atoms with Crippen LogP contribution in [0.2, 0.25) is 0 Å². The number of hydrogen-bond acceptors (Lipinski definition) is 2.